The molecule has 0 N–H and O–H groups in total. The van der Waals surface area contributed by atoms with E-state index in [9.17, 15) is 10.1 Å². The zero-order chi connectivity index (χ0) is 13.8. The summed E-state index contributed by atoms with van der Waals surface area (Å²) in [7, 11) is 0. The first-order chi connectivity index (χ1) is 9.13. The van der Waals surface area contributed by atoms with Gasteiger partial charge in [0.05, 0.1) is 11.1 Å². The van der Waals surface area contributed by atoms with Gasteiger partial charge < -0.3 is 0 Å². The van der Waals surface area contributed by atoms with Gasteiger partial charge >= 0.3 is 0 Å². The number of hydrogen-bond donors (Lipinski definition) is 0. The Morgan fingerprint density at radius 3 is 2.74 bits per heavy atom. The molecule has 1 atom stereocenters. The Bertz CT molecular complexity index is 650. The van der Waals surface area contributed by atoms with Crippen molar-refractivity contribution in [1.82, 2.24) is 4.98 Å². The van der Waals surface area contributed by atoms with Gasteiger partial charge in [0.15, 0.2) is 5.78 Å². The van der Waals surface area contributed by atoms with Gasteiger partial charge in [-0.1, -0.05) is 29.3 Å². The third kappa shape index (κ3) is 2.93. The number of nitrogens with zero attached hydrogens (tertiary/aromatic N) is 2. The Morgan fingerprint density at radius 2 is 2.11 bits per heavy atom. The van der Waals surface area contributed by atoms with Gasteiger partial charge in [0.1, 0.15) is 5.92 Å². The largest absolute Gasteiger partial charge is 0.292 e. The molecule has 1 heterocycles. The van der Waals surface area contributed by atoms with Crippen molar-refractivity contribution in [3.05, 3.63) is 63.9 Å². The van der Waals surface area contributed by atoms with Crippen LogP contribution in [0, 0.1) is 11.3 Å². The minimum Gasteiger partial charge on any atom is -0.292 e. The molecule has 0 saturated carbocycles. The lowest BCUT2D eigenvalue weighted by Gasteiger charge is -2.09. The van der Waals surface area contributed by atoms with Crippen molar-refractivity contribution in [1.29, 1.82) is 5.26 Å². The highest BCUT2D eigenvalue weighted by Gasteiger charge is 2.24. The van der Waals surface area contributed by atoms with E-state index in [1.165, 1.54) is 18.3 Å². The summed E-state index contributed by atoms with van der Waals surface area (Å²) < 4.78 is 0. The number of ketones is 1. The summed E-state index contributed by atoms with van der Waals surface area (Å²) >= 11 is 11.8. The van der Waals surface area contributed by atoms with Crippen molar-refractivity contribution in [2.24, 2.45) is 0 Å². The predicted octanol–water partition coefficient (Wildman–Crippen LogP) is 3.88. The van der Waals surface area contributed by atoms with Crippen molar-refractivity contribution < 1.29 is 4.79 Å². The number of nitriles is 1. The molecule has 1 aromatic carbocycles. The average molecular weight is 291 g/mol. The number of rotatable bonds is 3. The van der Waals surface area contributed by atoms with E-state index < -0.39 is 5.92 Å². The highest BCUT2D eigenvalue weighted by molar-refractivity contribution is 6.36. The molecule has 2 aromatic rings. The summed E-state index contributed by atoms with van der Waals surface area (Å²) in [5, 5.41) is 9.87. The van der Waals surface area contributed by atoms with Crippen LogP contribution in [0.5, 0.6) is 0 Å². The number of halogens is 2. The molecule has 0 radical (unpaired) electrons. The molecule has 19 heavy (non-hydrogen) atoms. The molecule has 0 fully saturated rings. The quantitative estimate of drug-likeness (QED) is 0.806. The van der Waals surface area contributed by atoms with Crippen LogP contribution in [0.1, 0.15) is 21.8 Å². The van der Waals surface area contributed by atoms with E-state index in [0.717, 1.165) is 0 Å². The first kappa shape index (κ1) is 13.5. The monoisotopic (exact) mass is 290 g/mol. The van der Waals surface area contributed by atoms with Gasteiger partial charge in [-0.05, 0) is 29.8 Å². The maximum Gasteiger partial charge on any atom is 0.186 e. The normalized spacial score (nSPS) is 11.6. The van der Waals surface area contributed by atoms with Crippen LogP contribution in [0.2, 0.25) is 10.0 Å². The maximum absolute atomic E-state index is 12.4. The van der Waals surface area contributed by atoms with Crippen LogP contribution in [-0.2, 0) is 0 Å². The molecule has 0 amide bonds. The zero-order valence-electron chi connectivity index (χ0n) is 9.68. The molecular formula is C14H8Cl2N2O. The fourth-order valence-corrected chi connectivity index (χ4v) is 2.06. The summed E-state index contributed by atoms with van der Waals surface area (Å²) in [6.45, 7) is 0. The fourth-order valence-electron chi connectivity index (χ4n) is 1.67. The number of carbonyl (C=O) groups excluding carboxylic acids is 1. The van der Waals surface area contributed by atoms with E-state index in [2.05, 4.69) is 4.98 Å². The van der Waals surface area contributed by atoms with E-state index in [-0.39, 0.29) is 16.4 Å². The lowest BCUT2D eigenvalue weighted by Crippen LogP contribution is -2.12. The molecule has 1 aromatic heterocycles. The van der Waals surface area contributed by atoms with E-state index >= 15 is 0 Å². The van der Waals surface area contributed by atoms with Gasteiger partial charge in [0.2, 0.25) is 0 Å². The topological polar surface area (TPSA) is 53.8 Å². The molecular weight excluding hydrogens is 283 g/mol. The fraction of sp³-hybridized carbons (Fsp3) is 0.0714. The van der Waals surface area contributed by atoms with Gasteiger partial charge in [-0.25, -0.2) is 0 Å². The smallest absolute Gasteiger partial charge is 0.186 e. The molecule has 0 spiro atoms. The second-order valence-electron chi connectivity index (χ2n) is 3.84. The maximum atomic E-state index is 12.4. The number of aromatic nitrogens is 1. The number of hydrogen-bond acceptors (Lipinski definition) is 3. The second kappa shape index (κ2) is 5.83. The third-order valence-corrected chi connectivity index (χ3v) is 3.17. The number of carbonyl (C=O) groups is 1. The van der Waals surface area contributed by atoms with Crippen molar-refractivity contribution >= 4 is 29.0 Å². The first-order valence-electron chi connectivity index (χ1n) is 5.42. The second-order valence-corrected chi connectivity index (χ2v) is 4.68. The predicted molar refractivity (Wildman–Crippen MR) is 73.4 cm³/mol. The SMILES string of the molecule is N#CC(C(=O)c1cc(Cl)ccc1Cl)c1cccnc1. The van der Waals surface area contributed by atoms with Gasteiger partial charge in [0.25, 0.3) is 0 Å². The van der Waals surface area contributed by atoms with Crippen LogP contribution < -0.4 is 0 Å². The molecule has 0 aliphatic carbocycles. The average Bonchev–Trinajstić information content (AvgIpc) is 2.43. The van der Waals surface area contributed by atoms with Crippen molar-refractivity contribution in [2.75, 3.05) is 0 Å². The molecule has 0 aliphatic heterocycles. The van der Waals surface area contributed by atoms with E-state index in [0.29, 0.717) is 10.6 Å². The van der Waals surface area contributed by atoms with Gasteiger partial charge in [0, 0.05) is 23.0 Å². The molecule has 5 heteroatoms. The molecule has 3 nitrogen and oxygen atoms in total. The Labute approximate surface area is 120 Å². The van der Waals surface area contributed by atoms with Crippen LogP contribution in [0.4, 0.5) is 0 Å². The van der Waals surface area contributed by atoms with Crippen LogP contribution in [-0.4, -0.2) is 10.8 Å². The van der Waals surface area contributed by atoms with Crippen LogP contribution >= 0.6 is 23.2 Å². The molecule has 2 rings (SSSR count). The van der Waals surface area contributed by atoms with Crippen LogP contribution in [0.25, 0.3) is 0 Å². The Morgan fingerprint density at radius 1 is 1.32 bits per heavy atom. The minimum atomic E-state index is -0.940. The minimum absolute atomic E-state index is 0.240. The lowest BCUT2D eigenvalue weighted by atomic mass is 9.93. The molecule has 0 aliphatic rings. The summed E-state index contributed by atoms with van der Waals surface area (Å²) in [6.07, 6.45) is 3.07. The van der Waals surface area contributed by atoms with Crippen LogP contribution in [0.15, 0.2) is 42.7 Å². The Kier molecular flexibility index (Phi) is 4.16. The molecule has 0 saturated heterocycles. The van der Waals surface area contributed by atoms with Gasteiger partial charge in [-0.15, -0.1) is 0 Å². The number of Topliss-reactive ketones (excluding diaryl/α,β-unsaturated/α-hetero) is 1. The van der Waals surface area contributed by atoms with Gasteiger partial charge in [-0.3, -0.25) is 9.78 Å². The van der Waals surface area contributed by atoms with Gasteiger partial charge in [-0.2, -0.15) is 5.26 Å². The van der Waals surface area contributed by atoms with Crippen molar-refractivity contribution in [3.63, 3.8) is 0 Å². The van der Waals surface area contributed by atoms with Crippen molar-refractivity contribution in [2.45, 2.75) is 5.92 Å². The number of pyridine rings is 1. The summed E-state index contributed by atoms with van der Waals surface area (Å²) in [5.41, 5.74) is 0.774. The Hall–Kier alpha value is -1.89. The first-order valence-corrected chi connectivity index (χ1v) is 6.18. The molecule has 1 unspecified atom stereocenters. The Balaban J connectivity index is 2.43. The standard InChI is InChI=1S/C14H8Cl2N2O/c15-10-3-4-13(16)11(6-10)14(19)12(7-17)9-2-1-5-18-8-9/h1-6,8,12H. The zero-order valence-corrected chi connectivity index (χ0v) is 11.2. The van der Waals surface area contributed by atoms with E-state index in [4.69, 9.17) is 23.2 Å². The summed E-state index contributed by atoms with van der Waals surface area (Å²) in [5.74, 6) is -1.33. The summed E-state index contributed by atoms with van der Waals surface area (Å²) in [4.78, 5) is 16.3. The molecule has 94 valence electrons. The van der Waals surface area contributed by atoms with E-state index in [1.807, 2.05) is 6.07 Å². The molecule has 0 bridgehead atoms. The number of benzene rings is 1. The van der Waals surface area contributed by atoms with Crippen molar-refractivity contribution in [3.8, 4) is 6.07 Å². The van der Waals surface area contributed by atoms with Crippen LogP contribution in [0.3, 0.4) is 0 Å². The van der Waals surface area contributed by atoms with E-state index in [1.54, 1.807) is 24.4 Å². The third-order valence-electron chi connectivity index (χ3n) is 2.60. The highest BCUT2D eigenvalue weighted by Crippen LogP contribution is 2.27. The lowest BCUT2D eigenvalue weighted by molar-refractivity contribution is 0.0979. The highest BCUT2D eigenvalue weighted by atomic mass is 35.5. The summed E-state index contributed by atoms with van der Waals surface area (Å²) in [6, 6.07) is 9.91.